The maximum atomic E-state index is 12.6. The molecule has 0 aliphatic carbocycles. The first-order chi connectivity index (χ1) is 12.4. The first-order valence-electron chi connectivity index (χ1n) is 8.46. The van der Waals surface area contributed by atoms with Gasteiger partial charge >= 0.3 is 5.97 Å². The van der Waals surface area contributed by atoms with Crippen LogP contribution in [0.15, 0.2) is 42.5 Å². The molecule has 0 radical (unpaired) electrons. The first-order valence-corrected chi connectivity index (χ1v) is 10.1. The fourth-order valence-electron chi connectivity index (χ4n) is 3.11. The number of aromatic carboxylic acids is 1. The van der Waals surface area contributed by atoms with Crippen molar-refractivity contribution in [2.45, 2.75) is 31.6 Å². The van der Waals surface area contributed by atoms with Gasteiger partial charge in [-0.15, -0.1) is 0 Å². The van der Waals surface area contributed by atoms with Crippen LogP contribution in [0.2, 0.25) is 0 Å². The van der Waals surface area contributed by atoms with Gasteiger partial charge in [-0.25, -0.2) is 17.9 Å². The van der Waals surface area contributed by atoms with Crippen LogP contribution in [-0.4, -0.2) is 26.1 Å². The van der Waals surface area contributed by atoms with Gasteiger partial charge in [0.15, 0.2) is 0 Å². The molecule has 26 heavy (non-hydrogen) atoms. The summed E-state index contributed by atoms with van der Waals surface area (Å²) < 4.78 is 33.7. The summed E-state index contributed by atoms with van der Waals surface area (Å²) in [5, 5.41) is 8.92. The van der Waals surface area contributed by atoms with Gasteiger partial charge in [0, 0.05) is 12.0 Å². The summed E-state index contributed by atoms with van der Waals surface area (Å²) in [7, 11) is -3.58. The Morgan fingerprint density at radius 3 is 2.62 bits per heavy atom. The Kier molecular flexibility index (Phi) is 5.29. The molecule has 1 aliphatic rings. The van der Waals surface area contributed by atoms with Crippen molar-refractivity contribution >= 4 is 16.0 Å². The van der Waals surface area contributed by atoms with Crippen LogP contribution in [0.5, 0.6) is 5.75 Å². The van der Waals surface area contributed by atoms with Crippen molar-refractivity contribution in [2.24, 2.45) is 0 Å². The maximum absolute atomic E-state index is 12.6. The summed E-state index contributed by atoms with van der Waals surface area (Å²) in [5.74, 6) is -0.463. The molecule has 2 aromatic carbocycles. The molecule has 0 aromatic heterocycles. The Morgan fingerprint density at radius 1 is 1.23 bits per heavy atom. The third-order valence-electron chi connectivity index (χ3n) is 4.42. The van der Waals surface area contributed by atoms with Gasteiger partial charge in [-0.05, 0) is 29.7 Å². The highest BCUT2D eigenvalue weighted by molar-refractivity contribution is 7.88. The molecule has 0 saturated carbocycles. The summed E-state index contributed by atoms with van der Waals surface area (Å²) >= 11 is 0. The maximum Gasteiger partial charge on any atom is 0.335 e. The highest BCUT2D eigenvalue weighted by Crippen LogP contribution is 2.35. The SMILES string of the molecule is CCc1cccc2c1OCCC2NS(=O)(=O)Cc1ccc(C(=O)O)cc1. The minimum Gasteiger partial charge on any atom is -0.493 e. The first kappa shape index (κ1) is 18.4. The largest absolute Gasteiger partial charge is 0.493 e. The predicted octanol–water partition coefficient (Wildman–Crippen LogP) is 2.89. The monoisotopic (exact) mass is 375 g/mol. The van der Waals surface area contributed by atoms with Crippen LogP contribution in [0, 0.1) is 0 Å². The summed E-state index contributed by atoms with van der Waals surface area (Å²) in [6, 6.07) is 11.3. The number of carboxylic acids is 1. The molecule has 7 heteroatoms. The standard InChI is InChI=1S/C19H21NO5S/c1-2-14-4-3-5-16-17(10-11-25-18(14)16)20-26(23,24)12-13-6-8-15(9-7-13)19(21)22/h3-9,17,20H,2,10-12H2,1H3,(H,21,22). The molecule has 0 fully saturated rings. The van der Waals surface area contributed by atoms with Gasteiger partial charge in [0.05, 0.1) is 24.0 Å². The van der Waals surface area contributed by atoms with Gasteiger partial charge < -0.3 is 9.84 Å². The average molecular weight is 375 g/mol. The zero-order chi connectivity index (χ0) is 18.7. The smallest absolute Gasteiger partial charge is 0.335 e. The Bertz CT molecular complexity index is 906. The minimum atomic E-state index is -3.58. The van der Waals surface area contributed by atoms with Crippen LogP contribution in [0.4, 0.5) is 0 Å². The molecule has 1 aliphatic heterocycles. The summed E-state index contributed by atoms with van der Waals surface area (Å²) in [6.07, 6.45) is 1.38. The Morgan fingerprint density at radius 2 is 1.96 bits per heavy atom. The number of carboxylic acid groups (broad SMARTS) is 1. The van der Waals surface area contributed by atoms with E-state index in [2.05, 4.69) is 4.72 Å². The number of fused-ring (bicyclic) bond motifs is 1. The summed E-state index contributed by atoms with van der Waals surface area (Å²) in [5.41, 5.74) is 2.60. The second kappa shape index (κ2) is 7.47. The highest BCUT2D eigenvalue weighted by Gasteiger charge is 2.27. The third-order valence-corrected chi connectivity index (χ3v) is 5.77. The molecule has 0 bridgehead atoms. The Labute approximate surface area is 152 Å². The fourth-order valence-corrected chi connectivity index (χ4v) is 4.50. The van der Waals surface area contributed by atoms with Crippen LogP contribution in [0.25, 0.3) is 0 Å². The van der Waals surface area contributed by atoms with Gasteiger partial charge in [-0.3, -0.25) is 0 Å². The van der Waals surface area contributed by atoms with Gasteiger partial charge in [0.2, 0.25) is 10.0 Å². The van der Waals surface area contributed by atoms with Gasteiger partial charge in [0.25, 0.3) is 0 Å². The molecule has 6 nitrogen and oxygen atoms in total. The molecular weight excluding hydrogens is 354 g/mol. The number of rotatable bonds is 6. The van der Waals surface area contributed by atoms with Crippen LogP contribution in [-0.2, 0) is 22.2 Å². The molecule has 3 rings (SSSR count). The van der Waals surface area contributed by atoms with Crippen LogP contribution in [0.1, 0.15) is 46.4 Å². The molecular formula is C19H21NO5S. The highest BCUT2D eigenvalue weighted by atomic mass is 32.2. The van der Waals surface area contributed by atoms with Crippen LogP contribution < -0.4 is 9.46 Å². The molecule has 2 aromatic rings. The molecule has 0 amide bonds. The number of ether oxygens (including phenoxy) is 1. The normalized spacial score (nSPS) is 16.6. The second-order valence-electron chi connectivity index (χ2n) is 6.26. The lowest BCUT2D eigenvalue weighted by atomic mass is 9.97. The fraction of sp³-hybridized carbons (Fsp3) is 0.316. The van der Waals surface area contributed by atoms with E-state index in [4.69, 9.17) is 9.84 Å². The number of hydrogen-bond donors (Lipinski definition) is 2. The molecule has 2 N–H and O–H groups in total. The van der Waals surface area contributed by atoms with Crippen molar-refractivity contribution in [3.8, 4) is 5.75 Å². The topological polar surface area (TPSA) is 92.7 Å². The van der Waals surface area contributed by atoms with Crippen molar-refractivity contribution in [1.29, 1.82) is 0 Å². The van der Waals surface area contributed by atoms with Crippen LogP contribution in [0.3, 0.4) is 0 Å². The lowest BCUT2D eigenvalue weighted by molar-refractivity contribution is 0.0697. The van der Waals surface area contributed by atoms with E-state index < -0.39 is 16.0 Å². The summed E-state index contributed by atoms with van der Waals surface area (Å²) in [6.45, 7) is 2.50. The van der Waals surface area contributed by atoms with Crippen molar-refractivity contribution < 1.29 is 23.1 Å². The van der Waals surface area contributed by atoms with E-state index in [-0.39, 0.29) is 17.4 Å². The molecule has 1 unspecified atom stereocenters. The minimum absolute atomic E-state index is 0.129. The van der Waals surface area contributed by atoms with Crippen molar-refractivity contribution in [3.63, 3.8) is 0 Å². The number of benzene rings is 2. The second-order valence-corrected chi connectivity index (χ2v) is 8.01. The predicted molar refractivity (Wildman–Crippen MR) is 97.8 cm³/mol. The molecule has 138 valence electrons. The molecule has 1 atom stereocenters. The van der Waals surface area contributed by atoms with E-state index in [1.54, 1.807) is 0 Å². The summed E-state index contributed by atoms with van der Waals surface area (Å²) in [4.78, 5) is 10.9. The number of carbonyl (C=O) groups is 1. The Balaban J connectivity index is 1.77. The third kappa shape index (κ3) is 4.05. The number of para-hydroxylation sites is 1. The van der Waals surface area contributed by atoms with E-state index >= 15 is 0 Å². The average Bonchev–Trinajstić information content (AvgIpc) is 2.61. The van der Waals surface area contributed by atoms with Gasteiger partial charge in [0.1, 0.15) is 5.75 Å². The van der Waals surface area contributed by atoms with Crippen molar-refractivity contribution in [2.75, 3.05) is 6.61 Å². The quantitative estimate of drug-likeness (QED) is 0.810. The number of nitrogens with one attached hydrogen (secondary N) is 1. The molecule has 0 saturated heterocycles. The van der Waals surface area contributed by atoms with E-state index in [0.717, 1.165) is 23.3 Å². The van der Waals surface area contributed by atoms with Crippen molar-refractivity contribution in [3.05, 3.63) is 64.7 Å². The van der Waals surface area contributed by atoms with E-state index in [1.165, 1.54) is 24.3 Å². The molecule has 1 heterocycles. The number of hydrogen-bond acceptors (Lipinski definition) is 4. The zero-order valence-corrected chi connectivity index (χ0v) is 15.3. The number of aryl methyl sites for hydroxylation is 1. The Hall–Kier alpha value is -2.38. The number of sulfonamides is 1. The van der Waals surface area contributed by atoms with Crippen LogP contribution >= 0.6 is 0 Å². The van der Waals surface area contributed by atoms with E-state index in [9.17, 15) is 13.2 Å². The zero-order valence-electron chi connectivity index (χ0n) is 14.4. The van der Waals surface area contributed by atoms with Gasteiger partial charge in [-0.2, -0.15) is 0 Å². The van der Waals surface area contributed by atoms with E-state index in [1.807, 2.05) is 25.1 Å². The van der Waals surface area contributed by atoms with Gasteiger partial charge in [-0.1, -0.05) is 37.3 Å². The molecule has 0 spiro atoms. The lowest BCUT2D eigenvalue weighted by Gasteiger charge is -2.28. The van der Waals surface area contributed by atoms with E-state index in [0.29, 0.717) is 18.6 Å². The lowest BCUT2D eigenvalue weighted by Crippen LogP contribution is -2.33. The van der Waals surface area contributed by atoms with Crippen molar-refractivity contribution in [1.82, 2.24) is 4.72 Å².